The van der Waals surface area contributed by atoms with Gasteiger partial charge >= 0.3 is 11.9 Å². The highest BCUT2D eigenvalue weighted by Gasteiger charge is 2.24. The van der Waals surface area contributed by atoms with Crippen LogP contribution in [0.15, 0.2) is 30.3 Å². The van der Waals surface area contributed by atoms with Crippen LogP contribution >= 0.6 is 0 Å². The first-order valence-corrected chi connectivity index (χ1v) is 7.40. The van der Waals surface area contributed by atoms with E-state index in [0.717, 1.165) is 5.56 Å². The maximum Gasteiger partial charge on any atom is 0.340 e. The van der Waals surface area contributed by atoms with Gasteiger partial charge in [0.1, 0.15) is 0 Å². The Kier molecular flexibility index (Phi) is 5.47. The molecule has 1 heterocycles. The fourth-order valence-corrected chi connectivity index (χ4v) is 2.51. The molecule has 2 rings (SSSR count). The molecule has 2 aromatic rings. The zero-order valence-corrected chi connectivity index (χ0v) is 14.1. The van der Waals surface area contributed by atoms with Crippen molar-refractivity contribution in [3.8, 4) is 0 Å². The summed E-state index contributed by atoms with van der Waals surface area (Å²) < 4.78 is 9.71. The lowest BCUT2D eigenvalue weighted by Crippen LogP contribution is -2.16. The van der Waals surface area contributed by atoms with Gasteiger partial charge in [0.2, 0.25) is 0 Å². The highest BCUT2D eigenvalue weighted by Crippen LogP contribution is 2.24. The van der Waals surface area contributed by atoms with Crippen LogP contribution in [0, 0.1) is 13.8 Å². The number of aryl methyl sites for hydroxylation is 2. The molecule has 5 nitrogen and oxygen atoms in total. The molecule has 0 saturated carbocycles. The van der Waals surface area contributed by atoms with Crippen molar-refractivity contribution in [3.05, 3.63) is 64.0 Å². The van der Waals surface area contributed by atoms with E-state index in [0.29, 0.717) is 17.0 Å². The zero-order chi connectivity index (χ0) is 17.7. The first-order chi connectivity index (χ1) is 11.5. The van der Waals surface area contributed by atoms with E-state index >= 15 is 0 Å². The van der Waals surface area contributed by atoms with Gasteiger partial charge in [-0.15, -0.1) is 0 Å². The molecule has 124 valence electrons. The number of benzene rings is 1. The van der Waals surface area contributed by atoms with Gasteiger partial charge < -0.3 is 9.47 Å². The summed E-state index contributed by atoms with van der Waals surface area (Å²) >= 11 is 0. The van der Waals surface area contributed by atoms with Gasteiger partial charge in [0.05, 0.1) is 36.7 Å². The molecule has 24 heavy (non-hydrogen) atoms. The van der Waals surface area contributed by atoms with Crippen molar-refractivity contribution in [2.75, 3.05) is 14.2 Å². The van der Waals surface area contributed by atoms with E-state index in [1.54, 1.807) is 19.9 Å². The van der Waals surface area contributed by atoms with Crippen molar-refractivity contribution in [1.29, 1.82) is 0 Å². The minimum Gasteiger partial charge on any atom is -0.465 e. The van der Waals surface area contributed by atoms with E-state index in [4.69, 9.17) is 9.47 Å². The van der Waals surface area contributed by atoms with Crippen molar-refractivity contribution < 1.29 is 19.1 Å². The Balaban J connectivity index is 2.70. The number of aromatic nitrogens is 1. The largest absolute Gasteiger partial charge is 0.465 e. The van der Waals surface area contributed by atoms with E-state index < -0.39 is 11.9 Å². The van der Waals surface area contributed by atoms with Crippen molar-refractivity contribution in [1.82, 2.24) is 4.98 Å². The maximum atomic E-state index is 12.2. The second-order valence-electron chi connectivity index (χ2n) is 5.17. The molecule has 0 aliphatic rings. The Labute approximate surface area is 140 Å². The van der Waals surface area contributed by atoms with E-state index in [2.05, 4.69) is 4.98 Å². The Morgan fingerprint density at radius 2 is 1.38 bits per heavy atom. The van der Waals surface area contributed by atoms with Gasteiger partial charge in [-0.2, -0.15) is 0 Å². The van der Waals surface area contributed by atoms with E-state index in [1.807, 2.05) is 36.4 Å². The minimum absolute atomic E-state index is 0.260. The summed E-state index contributed by atoms with van der Waals surface area (Å²) in [5.74, 6) is -1.09. The first kappa shape index (κ1) is 17.4. The Hall–Kier alpha value is -2.95. The summed E-state index contributed by atoms with van der Waals surface area (Å²) in [7, 11) is 2.59. The molecule has 0 aliphatic heterocycles. The van der Waals surface area contributed by atoms with Crippen LogP contribution in [0.25, 0.3) is 12.2 Å². The van der Waals surface area contributed by atoms with Gasteiger partial charge in [-0.3, -0.25) is 4.98 Å². The van der Waals surface area contributed by atoms with E-state index in [-0.39, 0.29) is 11.1 Å². The number of hydrogen-bond acceptors (Lipinski definition) is 5. The molecule has 0 spiro atoms. The van der Waals surface area contributed by atoms with Crippen LogP contribution in [0.4, 0.5) is 0 Å². The molecule has 0 atom stereocenters. The summed E-state index contributed by atoms with van der Waals surface area (Å²) in [5.41, 5.74) is 2.91. The Morgan fingerprint density at radius 1 is 0.875 bits per heavy atom. The lowest BCUT2D eigenvalue weighted by molar-refractivity contribution is 0.0596. The number of rotatable bonds is 4. The Bertz CT molecular complexity index is 755. The highest BCUT2D eigenvalue weighted by atomic mass is 16.5. The molecule has 0 aliphatic carbocycles. The van der Waals surface area contributed by atoms with Crippen molar-refractivity contribution in [3.63, 3.8) is 0 Å². The lowest BCUT2D eigenvalue weighted by atomic mass is 9.97. The average Bonchev–Trinajstić information content (AvgIpc) is 2.59. The SMILES string of the molecule is COC(=O)c1c(C)nc(C)c(C(=O)OC)c1/C=C/c1ccccc1. The summed E-state index contributed by atoms with van der Waals surface area (Å²) in [5, 5.41) is 0. The molecular weight excluding hydrogens is 306 g/mol. The van der Waals surface area contributed by atoms with Crippen LogP contribution in [0.2, 0.25) is 0 Å². The van der Waals surface area contributed by atoms with Crippen LogP contribution in [0.3, 0.4) is 0 Å². The van der Waals surface area contributed by atoms with Crippen LogP contribution in [-0.4, -0.2) is 31.1 Å². The second-order valence-corrected chi connectivity index (χ2v) is 5.17. The number of esters is 2. The molecular formula is C19H19NO4. The third-order valence-corrected chi connectivity index (χ3v) is 3.62. The summed E-state index contributed by atoms with van der Waals surface area (Å²) in [6.45, 7) is 3.42. The molecule has 0 saturated heterocycles. The normalized spacial score (nSPS) is 10.7. The number of pyridine rings is 1. The predicted molar refractivity (Wildman–Crippen MR) is 91.8 cm³/mol. The second kappa shape index (κ2) is 7.55. The van der Waals surface area contributed by atoms with Crippen molar-refractivity contribution in [2.45, 2.75) is 13.8 Å². The van der Waals surface area contributed by atoms with Gasteiger partial charge in [-0.05, 0) is 19.4 Å². The number of nitrogens with zero attached hydrogens (tertiary/aromatic N) is 1. The van der Waals surface area contributed by atoms with Crippen LogP contribution in [0.1, 0.15) is 43.2 Å². The van der Waals surface area contributed by atoms with Crippen molar-refractivity contribution >= 4 is 24.1 Å². The average molecular weight is 325 g/mol. The van der Waals surface area contributed by atoms with Crippen molar-refractivity contribution in [2.24, 2.45) is 0 Å². The van der Waals surface area contributed by atoms with Gasteiger partial charge in [0.25, 0.3) is 0 Å². The topological polar surface area (TPSA) is 65.5 Å². The van der Waals surface area contributed by atoms with Gasteiger partial charge in [-0.1, -0.05) is 42.5 Å². The molecule has 1 aromatic heterocycles. The monoisotopic (exact) mass is 325 g/mol. The molecule has 0 fully saturated rings. The zero-order valence-electron chi connectivity index (χ0n) is 14.1. The minimum atomic E-state index is -0.544. The quantitative estimate of drug-likeness (QED) is 0.806. The molecule has 0 radical (unpaired) electrons. The van der Waals surface area contributed by atoms with Crippen LogP contribution < -0.4 is 0 Å². The lowest BCUT2D eigenvalue weighted by Gasteiger charge is -2.14. The molecule has 0 unspecified atom stereocenters. The van der Waals surface area contributed by atoms with Gasteiger partial charge in [0.15, 0.2) is 0 Å². The molecule has 5 heteroatoms. The van der Waals surface area contributed by atoms with Crippen LogP contribution in [0.5, 0.6) is 0 Å². The van der Waals surface area contributed by atoms with Crippen LogP contribution in [-0.2, 0) is 9.47 Å². The Morgan fingerprint density at radius 3 is 1.83 bits per heavy atom. The highest BCUT2D eigenvalue weighted by molar-refractivity contribution is 6.03. The number of carbonyl (C=O) groups is 2. The third-order valence-electron chi connectivity index (χ3n) is 3.62. The fraction of sp³-hybridized carbons (Fsp3) is 0.211. The number of methoxy groups -OCH3 is 2. The standard InChI is InChI=1S/C19H19NO4/c1-12-16(18(21)23-3)15(11-10-14-8-6-5-7-9-14)17(13(2)20-12)19(22)24-4/h5-11H,1-4H3/b11-10+. The van der Waals surface area contributed by atoms with E-state index in [9.17, 15) is 9.59 Å². The van der Waals surface area contributed by atoms with Gasteiger partial charge in [-0.25, -0.2) is 9.59 Å². The molecule has 1 aromatic carbocycles. The van der Waals surface area contributed by atoms with E-state index in [1.165, 1.54) is 14.2 Å². The molecule has 0 bridgehead atoms. The van der Waals surface area contributed by atoms with Gasteiger partial charge in [0, 0.05) is 5.56 Å². The summed E-state index contributed by atoms with van der Waals surface area (Å²) in [6.07, 6.45) is 3.54. The number of carbonyl (C=O) groups excluding carboxylic acids is 2. The summed E-state index contributed by atoms with van der Waals surface area (Å²) in [6, 6.07) is 9.58. The molecule has 0 amide bonds. The molecule has 0 N–H and O–H groups in total. The smallest absolute Gasteiger partial charge is 0.340 e. The third kappa shape index (κ3) is 3.51. The summed E-state index contributed by atoms with van der Waals surface area (Å²) in [4.78, 5) is 28.7. The number of hydrogen-bond donors (Lipinski definition) is 0. The first-order valence-electron chi connectivity index (χ1n) is 7.40. The fourth-order valence-electron chi connectivity index (χ4n) is 2.51. The maximum absolute atomic E-state index is 12.2. The predicted octanol–water partition coefficient (Wildman–Crippen LogP) is 3.44. The number of ether oxygens (including phenoxy) is 2.